The molecule has 4 aliphatic rings. The summed E-state index contributed by atoms with van der Waals surface area (Å²) in [5.74, 6) is 6.68. The summed E-state index contributed by atoms with van der Waals surface area (Å²) in [6.07, 6.45) is 10.7. The molecule has 1 fully saturated rings. The van der Waals surface area contributed by atoms with Crippen molar-refractivity contribution in [3.8, 4) is 11.8 Å². The highest BCUT2D eigenvalue weighted by Crippen LogP contribution is 2.41. The standard InChI is InChI=1S/C34H40N4O3/c1-23-11-16-38(26-12-17-41-18-13-26)31-20-25(8-7-24-9-14-35-15-10-24)19-28(33(23)31)34(40)36-21-29-27-5-3-4-6-30(27)37(2)22-32(29)39/h9-10,14-15,19-20,23,26,29H,3-6,11-13,16-18,21-22H2,1-2H3,(H,36,40). The predicted molar refractivity (Wildman–Crippen MR) is 160 cm³/mol. The molecule has 0 saturated carbocycles. The highest BCUT2D eigenvalue weighted by atomic mass is 16.5. The Bertz CT molecular complexity index is 1400. The summed E-state index contributed by atoms with van der Waals surface area (Å²) in [6, 6.07) is 8.30. The number of nitrogens with one attached hydrogen (secondary N) is 1. The molecule has 41 heavy (non-hydrogen) atoms. The number of aromatic nitrogens is 1. The van der Waals surface area contributed by atoms with Gasteiger partial charge in [-0.2, -0.15) is 0 Å². The van der Waals surface area contributed by atoms with Crippen LogP contribution in [0.15, 0.2) is 47.9 Å². The van der Waals surface area contributed by atoms with Crippen molar-refractivity contribution in [1.82, 2.24) is 15.2 Å². The number of amides is 1. The first-order chi connectivity index (χ1) is 20.0. The smallest absolute Gasteiger partial charge is 0.251 e. The minimum atomic E-state index is -0.230. The van der Waals surface area contributed by atoms with Crippen molar-refractivity contribution in [3.63, 3.8) is 0 Å². The molecule has 1 aromatic carbocycles. The Kier molecular flexibility index (Phi) is 8.11. The van der Waals surface area contributed by atoms with Gasteiger partial charge in [0.05, 0.1) is 12.5 Å². The Balaban J connectivity index is 1.34. The van der Waals surface area contributed by atoms with E-state index in [0.717, 1.165) is 87.1 Å². The van der Waals surface area contributed by atoms with E-state index in [9.17, 15) is 9.59 Å². The summed E-state index contributed by atoms with van der Waals surface area (Å²) in [5, 5.41) is 3.21. The van der Waals surface area contributed by atoms with Crippen LogP contribution in [0.1, 0.15) is 84.8 Å². The molecule has 2 unspecified atom stereocenters. The number of Topliss-reactive ketones (excluding diaryl/α,β-unsaturated/α-hetero) is 1. The number of carbonyl (C=O) groups is 2. The molecule has 214 valence electrons. The molecule has 2 aromatic rings. The fourth-order valence-corrected chi connectivity index (χ4v) is 7.09. The van der Waals surface area contributed by atoms with Crippen LogP contribution in [0.3, 0.4) is 0 Å². The summed E-state index contributed by atoms with van der Waals surface area (Å²) in [6.45, 7) is 5.49. The number of nitrogens with zero attached hydrogens (tertiary/aromatic N) is 3. The van der Waals surface area contributed by atoms with Crippen LogP contribution < -0.4 is 10.2 Å². The Morgan fingerprint density at radius 1 is 1.07 bits per heavy atom. The van der Waals surface area contributed by atoms with Crippen LogP contribution in [-0.4, -0.2) is 67.5 Å². The van der Waals surface area contributed by atoms with Crippen LogP contribution in [-0.2, 0) is 9.53 Å². The lowest BCUT2D eigenvalue weighted by Crippen LogP contribution is -2.45. The van der Waals surface area contributed by atoms with Gasteiger partial charge in [0.15, 0.2) is 5.78 Å². The van der Waals surface area contributed by atoms with Crippen molar-refractivity contribution < 1.29 is 14.3 Å². The average molecular weight is 553 g/mol. The first-order valence-electron chi connectivity index (χ1n) is 15.2. The van der Waals surface area contributed by atoms with Crippen molar-refractivity contribution in [1.29, 1.82) is 0 Å². The summed E-state index contributed by atoms with van der Waals surface area (Å²) >= 11 is 0. The maximum atomic E-state index is 14.0. The maximum Gasteiger partial charge on any atom is 0.251 e. The van der Waals surface area contributed by atoms with Gasteiger partial charge in [-0.05, 0) is 86.3 Å². The first-order valence-corrected chi connectivity index (χ1v) is 15.2. The van der Waals surface area contributed by atoms with E-state index in [1.807, 2.05) is 25.2 Å². The Morgan fingerprint density at radius 3 is 2.63 bits per heavy atom. The third-order valence-electron chi connectivity index (χ3n) is 9.28. The molecule has 6 rings (SSSR count). The van der Waals surface area contributed by atoms with E-state index in [-0.39, 0.29) is 23.5 Å². The number of benzene rings is 1. The lowest BCUT2D eigenvalue weighted by molar-refractivity contribution is -0.123. The lowest BCUT2D eigenvalue weighted by atomic mass is 9.81. The van der Waals surface area contributed by atoms with Crippen molar-refractivity contribution >= 4 is 17.4 Å². The number of pyridine rings is 1. The van der Waals surface area contributed by atoms with Gasteiger partial charge >= 0.3 is 0 Å². The zero-order valence-electron chi connectivity index (χ0n) is 24.2. The topological polar surface area (TPSA) is 74.8 Å². The molecule has 1 aliphatic carbocycles. The largest absolute Gasteiger partial charge is 0.381 e. The molecule has 7 nitrogen and oxygen atoms in total. The number of hydrogen-bond acceptors (Lipinski definition) is 6. The molecule has 4 heterocycles. The quantitative estimate of drug-likeness (QED) is 0.556. The van der Waals surface area contributed by atoms with Crippen LogP contribution in [0.4, 0.5) is 5.69 Å². The van der Waals surface area contributed by atoms with Crippen molar-refractivity contribution in [2.75, 3.05) is 44.8 Å². The molecule has 2 atom stereocenters. The number of anilines is 1. The second-order valence-electron chi connectivity index (χ2n) is 11.9. The van der Waals surface area contributed by atoms with E-state index in [1.165, 1.54) is 11.3 Å². The van der Waals surface area contributed by atoms with E-state index in [4.69, 9.17) is 4.74 Å². The van der Waals surface area contributed by atoms with Crippen molar-refractivity contribution in [3.05, 3.63) is 70.2 Å². The van der Waals surface area contributed by atoms with E-state index >= 15 is 0 Å². The highest BCUT2D eigenvalue weighted by molar-refractivity contribution is 5.99. The minimum absolute atomic E-state index is 0.112. The van der Waals surface area contributed by atoms with Crippen LogP contribution in [0.2, 0.25) is 0 Å². The number of ketones is 1. The van der Waals surface area contributed by atoms with Gasteiger partial charge in [0.2, 0.25) is 0 Å². The molecule has 0 radical (unpaired) electrons. The monoisotopic (exact) mass is 552 g/mol. The fourth-order valence-electron chi connectivity index (χ4n) is 7.09. The normalized spacial score (nSPS) is 22.9. The molecule has 1 amide bonds. The van der Waals surface area contributed by atoms with E-state index < -0.39 is 0 Å². The second-order valence-corrected chi connectivity index (χ2v) is 11.9. The van der Waals surface area contributed by atoms with Gasteiger partial charge in [-0.15, -0.1) is 0 Å². The minimum Gasteiger partial charge on any atom is -0.381 e. The van der Waals surface area contributed by atoms with Gasteiger partial charge in [0, 0.05) is 79.9 Å². The SMILES string of the molecule is CC1CCN(C2CCOCC2)c2cc(C#Cc3ccncc3)cc(C(=O)NCC3C(=O)CN(C)C4=C3CCCC4)c21. The summed E-state index contributed by atoms with van der Waals surface area (Å²) in [5.41, 5.74) is 7.15. The molecule has 0 spiro atoms. The fraction of sp³-hybridized carbons (Fsp3) is 0.500. The van der Waals surface area contributed by atoms with Gasteiger partial charge in [0.1, 0.15) is 0 Å². The number of likely N-dealkylation sites (N-methyl/N-ethyl adjacent to an activating group) is 1. The molecular formula is C34H40N4O3. The molecular weight excluding hydrogens is 512 g/mol. The third kappa shape index (κ3) is 5.76. The Morgan fingerprint density at radius 2 is 1.83 bits per heavy atom. The van der Waals surface area contributed by atoms with Gasteiger partial charge in [-0.25, -0.2) is 0 Å². The Hall–Kier alpha value is -3.63. The first kappa shape index (κ1) is 27.5. The van der Waals surface area contributed by atoms with E-state index in [2.05, 4.69) is 44.9 Å². The summed E-state index contributed by atoms with van der Waals surface area (Å²) in [4.78, 5) is 35.8. The summed E-state index contributed by atoms with van der Waals surface area (Å²) in [7, 11) is 2.02. The number of rotatable bonds is 4. The number of ether oxygens (including phenoxy) is 1. The van der Waals surface area contributed by atoms with Gasteiger partial charge in [-0.3, -0.25) is 14.6 Å². The lowest BCUT2D eigenvalue weighted by Gasteiger charge is -2.42. The third-order valence-corrected chi connectivity index (χ3v) is 9.28. The highest BCUT2D eigenvalue weighted by Gasteiger charge is 2.35. The zero-order valence-corrected chi connectivity index (χ0v) is 24.2. The predicted octanol–water partition coefficient (Wildman–Crippen LogP) is 4.66. The second kappa shape index (κ2) is 12.1. The molecule has 1 aromatic heterocycles. The van der Waals surface area contributed by atoms with E-state index in [1.54, 1.807) is 12.4 Å². The van der Waals surface area contributed by atoms with E-state index in [0.29, 0.717) is 24.7 Å². The number of fused-ring (bicyclic) bond motifs is 1. The zero-order chi connectivity index (χ0) is 28.3. The number of hydrogen-bond donors (Lipinski definition) is 1. The van der Waals surface area contributed by atoms with Gasteiger partial charge < -0.3 is 19.9 Å². The van der Waals surface area contributed by atoms with Crippen LogP contribution in [0.5, 0.6) is 0 Å². The maximum absolute atomic E-state index is 14.0. The van der Waals surface area contributed by atoms with Crippen LogP contribution >= 0.6 is 0 Å². The van der Waals surface area contributed by atoms with Gasteiger partial charge in [-0.1, -0.05) is 18.8 Å². The van der Waals surface area contributed by atoms with Crippen molar-refractivity contribution in [2.24, 2.45) is 5.92 Å². The Labute approximate surface area is 243 Å². The molecule has 1 N–H and O–H groups in total. The molecule has 1 saturated heterocycles. The number of allylic oxidation sites excluding steroid dienone is 1. The molecule has 0 bridgehead atoms. The molecule has 3 aliphatic heterocycles. The van der Waals surface area contributed by atoms with Crippen LogP contribution in [0, 0.1) is 17.8 Å². The van der Waals surface area contributed by atoms with Crippen LogP contribution in [0.25, 0.3) is 0 Å². The number of carbonyl (C=O) groups excluding carboxylic acids is 2. The van der Waals surface area contributed by atoms with Crippen molar-refractivity contribution in [2.45, 2.75) is 63.8 Å². The summed E-state index contributed by atoms with van der Waals surface area (Å²) < 4.78 is 5.66. The van der Waals surface area contributed by atoms with Gasteiger partial charge in [0.25, 0.3) is 5.91 Å². The average Bonchev–Trinajstić information content (AvgIpc) is 3.00. The molecule has 7 heteroatoms.